The minimum Gasteiger partial charge on any atom is -0.378 e. The van der Waals surface area contributed by atoms with Crippen molar-refractivity contribution in [1.82, 2.24) is 4.90 Å². The van der Waals surface area contributed by atoms with E-state index in [-0.39, 0.29) is 24.5 Å². The van der Waals surface area contributed by atoms with Crippen LogP contribution in [-0.2, 0) is 14.3 Å². The first kappa shape index (κ1) is 18.2. The van der Waals surface area contributed by atoms with Crippen molar-refractivity contribution < 1.29 is 14.3 Å². The van der Waals surface area contributed by atoms with Gasteiger partial charge in [0.15, 0.2) is 0 Å². The number of carbonyl (C=O) groups excluding carboxylic acids is 2. The van der Waals surface area contributed by atoms with Gasteiger partial charge in [-0.25, -0.2) is 0 Å². The summed E-state index contributed by atoms with van der Waals surface area (Å²) in [6.07, 6.45) is 2.77. The zero-order valence-electron chi connectivity index (χ0n) is 14.4. The van der Waals surface area contributed by atoms with Gasteiger partial charge in [-0.1, -0.05) is 12.1 Å². The molecule has 0 atom stereocenters. The summed E-state index contributed by atoms with van der Waals surface area (Å²) in [5.41, 5.74) is 6.32. The Bertz CT molecular complexity index is 617. The van der Waals surface area contributed by atoms with Crippen LogP contribution in [0.2, 0.25) is 0 Å². The van der Waals surface area contributed by atoms with E-state index in [9.17, 15) is 9.59 Å². The van der Waals surface area contributed by atoms with E-state index in [1.807, 2.05) is 29.2 Å². The van der Waals surface area contributed by atoms with E-state index >= 15 is 0 Å². The predicted octanol–water partition coefficient (Wildman–Crippen LogP) is 1.48. The quantitative estimate of drug-likeness (QED) is 0.775. The Balaban J connectivity index is 1.54. The molecule has 6 nitrogen and oxygen atoms in total. The fourth-order valence-corrected chi connectivity index (χ4v) is 4.10. The number of nitrogens with zero attached hydrogens (tertiary/aromatic N) is 2. The van der Waals surface area contributed by atoms with Gasteiger partial charge in [0, 0.05) is 24.6 Å². The molecule has 0 unspecified atom stereocenters. The van der Waals surface area contributed by atoms with Crippen molar-refractivity contribution >= 4 is 29.3 Å². The molecule has 2 N–H and O–H groups in total. The molecular formula is C18H25N3O3S. The van der Waals surface area contributed by atoms with Gasteiger partial charge in [0.1, 0.15) is 6.54 Å². The Morgan fingerprint density at radius 1 is 1.28 bits per heavy atom. The third-order valence-corrected chi connectivity index (χ3v) is 5.65. The van der Waals surface area contributed by atoms with Crippen molar-refractivity contribution in [2.75, 3.05) is 43.4 Å². The van der Waals surface area contributed by atoms with Crippen molar-refractivity contribution in [2.45, 2.75) is 30.3 Å². The Morgan fingerprint density at radius 3 is 2.80 bits per heavy atom. The van der Waals surface area contributed by atoms with Crippen LogP contribution in [0.3, 0.4) is 0 Å². The molecule has 0 radical (unpaired) electrons. The number of thioether (sulfide) groups is 1. The first-order chi connectivity index (χ1) is 12.2. The maximum absolute atomic E-state index is 12.7. The van der Waals surface area contributed by atoms with Crippen molar-refractivity contribution in [2.24, 2.45) is 5.73 Å². The molecule has 1 fully saturated rings. The molecular weight excluding hydrogens is 338 g/mol. The summed E-state index contributed by atoms with van der Waals surface area (Å²) in [4.78, 5) is 29.5. The number of benzene rings is 1. The average Bonchev–Trinajstić information content (AvgIpc) is 2.65. The molecule has 2 aliphatic heterocycles. The van der Waals surface area contributed by atoms with Crippen molar-refractivity contribution in [1.29, 1.82) is 0 Å². The van der Waals surface area contributed by atoms with Gasteiger partial charge in [-0.15, -0.1) is 11.8 Å². The van der Waals surface area contributed by atoms with Gasteiger partial charge in [0.25, 0.3) is 0 Å². The molecule has 2 heterocycles. The van der Waals surface area contributed by atoms with E-state index in [2.05, 4.69) is 0 Å². The minimum atomic E-state index is -0.00273. The maximum Gasteiger partial charge on any atom is 0.242 e. The summed E-state index contributed by atoms with van der Waals surface area (Å²) in [5, 5.41) is 0. The lowest BCUT2D eigenvalue weighted by molar-refractivity contribution is -0.133. The summed E-state index contributed by atoms with van der Waals surface area (Å²) in [7, 11) is 0. The van der Waals surface area contributed by atoms with Crippen LogP contribution in [-0.4, -0.2) is 61.4 Å². The van der Waals surface area contributed by atoms with Gasteiger partial charge in [0.2, 0.25) is 11.8 Å². The molecule has 25 heavy (non-hydrogen) atoms. The van der Waals surface area contributed by atoms with Crippen LogP contribution in [0.15, 0.2) is 29.2 Å². The van der Waals surface area contributed by atoms with Gasteiger partial charge in [-0.2, -0.15) is 0 Å². The largest absolute Gasteiger partial charge is 0.378 e. The third kappa shape index (κ3) is 4.54. The second-order valence-corrected chi connectivity index (χ2v) is 7.35. The Kier molecular flexibility index (Phi) is 6.34. The topological polar surface area (TPSA) is 75.9 Å². The highest BCUT2D eigenvalue weighted by molar-refractivity contribution is 8.00. The van der Waals surface area contributed by atoms with Crippen LogP contribution in [0, 0.1) is 0 Å². The molecule has 0 spiro atoms. The number of carbonyl (C=O) groups is 2. The number of piperidine rings is 1. The summed E-state index contributed by atoms with van der Waals surface area (Å²) >= 11 is 1.53. The lowest BCUT2D eigenvalue weighted by Crippen LogP contribution is -2.48. The molecule has 0 aliphatic carbocycles. The maximum atomic E-state index is 12.7. The molecule has 0 aromatic heterocycles. The summed E-state index contributed by atoms with van der Waals surface area (Å²) in [5.74, 6) is 0.397. The van der Waals surface area contributed by atoms with Crippen LogP contribution in [0.4, 0.5) is 5.69 Å². The van der Waals surface area contributed by atoms with Crippen LogP contribution in [0.5, 0.6) is 0 Å². The summed E-state index contributed by atoms with van der Waals surface area (Å²) < 4.78 is 5.78. The van der Waals surface area contributed by atoms with Gasteiger partial charge in [-0.05, 0) is 37.9 Å². The van der Waals surface area contributed by atoms with E-state index in [1.54, 1.807) is 4.90 Å². The lowest BCUT2D eigenvalue weighted by Gasteiger charge is -2.34. The Morgan fingerprint density at radius 2 is 2.04 bits per heavy atom. The fourth-order valence-electron chi connectivity index (χ4n) is 3.17. The smallest absolute Gasteiger partial charge is 0.242 e. The van der Waals surface area contributed by atoms with Crippen molar-refractivity contribution in [3.05, 3.63) is 24.3 Å². The molecule has 2 aliphatic rings. The molecule has 136 valence electrons. The lowest BCUT2D eigenvalue weighted by atomic mass is 10.1. The van der Waals surface area contributed by atoms with Crippen LogP contribution in [0.25, 0.3) is 0 Å². The Labute approximate surface area is 152 Å². The second kappa shape index (κ2) is 8.69. The highest BCUT2D eigenvalue weighted by atomic mass is 32.2. The number of rotatable bonds is 6. The highest BCUT2D eigenvalue weighted by Crippen LogP contribution is 2.34. The highest BCUT2D eigenvalue weighted by Gasteiger charge is 2.29. The number of likely N-dealkylation sites (tertiary alicyclic amines) is 1. The van der Waals surface area contributed by atoms with Gasteiger partial charge < -0.3 is 20.3 Å². The molecule has 7 heteroatoms. The molecule has 0 bridgehead atoms. The predicted molar refractivity (Wildman–Crippen MR) is 98.7 cm³/mol. The number of nitrogens with two attached hydrogens (primary N) is 1. The Hall–Kier alpha value is -1.57. The van der Waals surface area contributed by atoms with E-state index in [1.165, 1.54) is 11.8 Å². The van der Waals surface area contributed by atoms with Gasteiger partial charge in [0.05, 0.1) is 17.5 Å². The van der Waals surface area contributed by atoms with E-state index in [0.717, 1.165) is 29.8 Å². The van der Waals surface area contributed by atoms with Crippen LogP contribution < -0.4 is 10.6 Å². The monoisotopic (exact) mass is 363 g/mol. The second-order valence-electron chi connectivity index (χ2n) is 6.33. The fraction of sp³-hybridized carbons (Fsp3) is 0.556. The number of para-hydroxylation sites is 1. The zero-order chi connectivity index (χ0) is 17.6. The van der Waals surface area contributed by atoms with E-state index in [4.69, 9.17) is 10.5 Å². The number of amides is 2. The summed E-state index contributed by atoms with van der Waals surface area (Å²) in [6, 6.07) is 7.76. The zero-order valence-corrected chi connectivity index (χ0v) is 15.2. The molecule has 3 rings (SSSR count). The van der Waals surface area contributed by atoms with Crippen LogP contribution >= 0.6 is 11.8 Å². The van der Waals surface area contributed by atoms with Crippen molar-refractivity contribution in [3.8, 4) is 0 Å². The molecule has 1 saturated heterocycles. The standard InChI is InChI=1S/C18H25N3O3S/c19-8-3-11-24-14-6-9-20(10-7-14)17(22)12-21-15-4-1-2-5-16(15)25-13-18(21)23/h1-2,4-5,14H,3,6-13,19H2. The number of hydrogen-bond donors (Lipinski definition) is 1. The molecule has 1 aromatic carbocycles. The van der Waals surface area contributed by atoms with E-state index < -0.39 is 0 Å². The average molecular weight is 363 g/mol. The first-order valence-electron chi connectivity index (χ1n) is 8.80. The SMILES string of the molecule is NCCCOC1CCN(C(=O)CN2C(=O)CSc3ccccc32)CC1. The number of hydrogen-bond acceptors (Lipinski definition) is 5. The van der Waals surface area contributed by atoms with E-state index in [0.29, 0.717) is 32.0 Å². The third-order valence-electron chi connectivity index (χ3n) is 4.60. The van der Waals surface area contributed by atoms with Crippen LogP contribution in [0.1, 0.15) is 19.3 Å². The number of ether oxygens (including phenoxy) is 1. The minimum absolute atomic E-state index is 0.00273. The molecule has 0 saturated carbocycles. The molecule has 2 amide bonds. The first-order valence-corrected chi connectivity index (χ1v) is 9.79. The summed E-state index contributed by atoms with van der Waals surface area (Å²) in [6.45, 7) is 2.82. The normalized spacial score (nSPS) is 18.4. The number of anilines is 1. The molecule has 1 aromatic rings. The van der Waals surface area contributed by atoms with Gasteiger partial charge >= 0.3 is 0 Å². The number of fused-ring (bicyclic) bond motifs is 1. The van der Waals surface area contributed by atoms with Crippen molar-refractivity contribution in [3.63, 3.8) is 0 Å². The van der Waals surface area contributed by atoms with Gasteiger partial charge in [-0.3, -0.25) is 9.59 Å².